The number of carbonyl (C=O) groups is 2. The lowest BCUT2D eigenvalue weighted by molar-refractivity contribution is -0.135. The molecule has 1 N–H and O–H groups in total. The predicted molar refractivity (Wildman–Crippen MR) is 109 cm³/mol. The molecule has 0 spiro atoms. The van der Waals surface area contributed by atoms with E-state index < -0.39 is 30.1 Å². The Morgan fingerprint density at radius 1 is 1.25 bits per heavy atom. The topological polar surface area (TPSA) is 89.4 Å². The fourth-order valence-electron chi connectivity index (χ4n) is 3.57. The molecule has 1 atom stereocenters. The lowest BCUT2D eigenvalue weighted by Gasteiger charge is -2.31. The Kier molecular flexibility index (Phi) is 6.11. The Bertz CT molecular complexity index is 1140. The third-order valence-electron chi connectivity index (χ3n) is 5.12. The summed E-state index contributed by atoms with van der Waals surface area (Å²) in [6.07, 6.45) is 3.40. The number of nitrogens with one attached hydrogen (secondary N) is 1. The van der Waals surface area contributed by atoms with Gasteiger partial charge in [0, 0.05) is 44.2 Å². The molecule has 0 fully saturated rings. The van der Waals surface area contributed by atoms with Crippen LogP contribution in [0, 0.1) is 11.6 Å². The molecular formula is C22H21F2N5O3. The summed E-state index contributed by atoms with van der Waals surface area (Å²) in [6, 6.07) is 8.28. The number of hydrogen-bond donors (Lipinski definition) is 1. The quantitative estimate of drug-likeness (QED) is 0.631. The van der Waals surface area contributed by atoms with Crippen molar-refractivity contribution in [1.82, 2.24) is 25.0 Å². The molecule has 1 aromatic carbocycles. The van der Waals surface area contributed by atoms with Crippen LogP contribution in [-0.2, 0) is 29.7 Å². The molecule has 10 heteroatoms. The summed E-state index contributed by atoms with van der Waals surface area (Å²) in [4.78, 5) is 31.3. The van der Waals surface area contributed by atoms with Crippen molar-refractivity contribution in [3.63, 3.8) is 0 Å². The Hall–Kier alpha value is -3.82. The third kappa shape index (κ3) is 4.74. The highest BCUT2D eigenvalue weighted by Crippen LogP contribution is 2.28. The van der Waals surface area contributed by atoms with Gasteiger partial charge in [-0.15, -0.1) is 0 Å². The lowest BCUT2D eigenvalue weighted by Crippen LogP contribution is -2.45. The van der Waals surface area contributed by atoms with Crippen LogP contribution in [0.3, 0.4) is 0 Å². The lowest BCUT2D eigenvalue weighted by atomic mass is 9.95. The second-order valence-electron chi connectivity index (χ2n) is 7.44. The van der Waals surface area contributed by atoms with Gasteiger partial charge in [-0.05, 0) is 24.3 Å². The summed E-state index contributed by atoms with van der Waals surface area (Å²) in [7, 11) is 1.74. The van der Waals surface area contributed by atoms with Gasteiger partial charge in [-0.1, -0.05) is 6.07 Å². The molecule has 2 aromatic heterocycles. The number of hydrogen-bond acceptors (Lipinski definition) is 5. The summed E-state index contributed by atoms with van der Waals surface area (Å²) < 4.78 is 33.7. The van der Waals surface area contributed by atoms with Crippen LogP contribution in [0.1, 0.15) is 22.9 Å². The van der Waals surface area contributed by atoms with Gasteiger partial charge in [0.25, 0.3) is 5.91 Å². The fourth-order valence-corrected chi connectivity index (χ4v) is 3.57. The molecular weight excluding hydrogens is 420 g/mol. The zero-order valence-corrected chi connectivity index (χ0v) is 17.3. The molecule has 4 rings (SSSR count). The van der Waals surface area contributed by atoms with Crippen molar-refractivity contribution in [1.29, 1.82) is 0 Å². The van der Waals surface area contributed by atoms with Gasteiger partial charge < -0.3 is 15.0 Å². The van der Waals surface area contributed by atoms with Gasteiger partial charge in [-0.2, -0.15) is 5.10 Å². The summed E-state index contributed by atoms with van der Waals surface area (Å²) in [5.74, 6) is -3.22. The SMILES string of the molecule is Cn1cc2c(n1)[C@H](C(=O)NCc1ccccn1)CN(C(=O)COc1ccc(F)cc1F)C2. The van der Waals surface area contributed by atoms with Gasteiger partial charge in [0.1, 0.15) is 5.82 Å². The first-order valence-electron chi connectivity index (χ1n) is 9.96. The van der Waals surface area contributed by atoms with E-state index in [1.807, 2.05) is 6.07 Å². The normalized spacial score (nSPS) is 15.2. The molecule has 32 heavy (non-hydrogen) atoms. The van der Waals surface area contributed by atoms with Crippen molar-refractivity contribution in [3.05, 3.63) is 77.4 Å². The number of aromatic nitrogens is 3. The van der Waals surface area contributed by atoms with Crippen LogP contribution in [-0.4, -0.2) is 44.6 Å². The maximum atomic E-state index is 13.8. The number of amides is 2. The smallest absolute Gasteiger partial charge is 0.260 e. The number of fused-ring (bicyclic) bond motifs is 1. The van der Waals surface area contributed by atoms with Gasteiger partial charge >= 0.3 is 0 Å². The third-order valence-corrected chi connectivity index (χ3v) is 5.12. The molecule has 1 aliphatic rings. The van der Waals surface area contributed by atoms with Gasteiger partial charge in [0.2, 0.25) is 5.91 Å². The number of aryl methyl sites for hydroxylation is 1. The zero-order chi connectivity index (χ0) is 22.7. The van der Waals surface area contributed by atoms with Crippen molar-refractivity contribution >= 4 is 11.8 Å². The average Bonchev–Trinajstić information content (AvgIpc) is 3.16. The first-order valence-corrected chi connectivity index (χ1v) is 9.96. The van der Waals surface area contributed by atoms with E-state index in [1.165, 1.54) is 4.90 Å². The summed E-state index contributed by atoms with van der Waals surface area (Å²) in [6.45, 7) is 0.160. The van der Waals surface area contributed by atoms with Crippen LogP contribution in [0.4, 0.5) is 8.78 Å². The van der Waals surface area contributed by atoms with Crippen molar-refractivity contribution in [2.24, 2.45) is 7.05 Å². The number of pyridine rings is 1. The Balaban J connectivity index is 1.44. The molecule has 3 heterocycles. The van der Waals surface area contributed by atoms with Crippen LogP contribution in [0.5, 0.6) is 5.75 Å². The minimum absolute atomic E-state index is 0.103. The first kappa shape index (κ1) is 21.4. The predicted octanol–water partition coefficient (Wildman–Crippen LogP) is 1.91. The maximum Gasteiger partial charge on any atom is 0.260 e. The number of carbonyl (C=O) groups excluding carboxylic acids is 2. The molecule has 166 valence electrons. The van der Waals surface area contributed by atoms with E-state index in [0.29, 0.717) is 17.5 Å². The Morgan fingerprint density at radius 3 is 2.84 bits per heavy atom. The second kappa shape index (κ2) is 9.13. The second-order valence-corrected chi connectivity index (χ2v) is 7.44. The number of benzene rings is 1. The average molecular weight is 441 g/mol. The summed E-state index contributed by atoms with van der Waals surface area (Å²) in [5.41, 5.74) is 2.07. The highest BCUT2D eigenvalue weighted by molar-refractivity contribution is 5.86. The van der Waals surface area contributed by atoms with E-state index in [-0.39, 0.29) is 31.3 Å². The molecule has 3 aromatic rings. The molecule has 0 unspecified atom stereocenters. The van der Waals surface area contributed by atoms with Gasteiger partial charge in [0.05, 0.1) is 23.9 Å². The van der Waals surface area contributed by atoms with Crippen molar-refractivity contribution in [3.8, 4) is 5.75 Å². The molecule has 8 nitrogen and oxygen atoms in total. The van der Waals surface area contributed by atoms with E-state index in [0.717, 1.165) is 17.7 Å². The van der Waals surface area contributed by atoms with E-state index >= 15 is 0 Å². The largest absolute Gasteiger partial charge is 0.481 e. The molecule has 0 radical (unpaired) electrons. The van der Waals surface area contributed by atoms with E-state index in [2.05, 4.69) is 15.4 Å². The van der Waals surface area contributed by atoms with Crippen molar-refractivity contribution in [2.45, 2.75) is 19.0 Å². The molecule has 0 aliphatic carbocycles. The monoisotopic (exact) mass is 441 g/mol. The van der Waals surface area contributed by atoms with Gasteiger partial charge in [0.15, 0.2) is 18.2 Å². The van der Waals surface area contributed by atoms with E-state index in [1.54, 1.807) is 36.3 Å². The van der Waals surface area contributed by atoms with E-state index in [4.69, 9.17) is 4.74 Å². The van der Waals surface area contributed by atoms with Crippen LogP contribution < -0.4 is 10.1 Å². The number of rotatable bonds is 6. The molecule has 0 bridgehead atoms. The van der Waals surface area contributed by atoms with Crippen molar-refractivity contribution < 1.29 is 23.1 Å². The fraction of sp³-hybridized carbons (Fsp3) is 0.273. The maximum absolute atomic E-state index is 13.8. The number of halogens is 2. The van der Waals surface area contributed by atoms with Gasteiger partial charge in [-0.3, -0.25) is 19.3 Å². The van der Waals surface area contributed by atoms with Crippen LogP contribution in [0.2, 0.25) is 0 Å². The minimum Gasteiger partial charge on any atom is -0.481 e. The summed E-state index contributed by atoms with van der Waals surface area (Å²) >= 11 is 0. The molecule has 0 saturated heterocycles. The van der Waals surface area contributed by atoms with Crippen LogP contribution in [0.25, 0.3) is 0 Å². The minimum atomic E-state index is -0.891. The first-order chi connectivity index (χ1) is 15.4. The molecule has 0 saturated carbocycles. The standard InChI is InChI=1S/C22H21F2N5O3/c1-28-10-14-11-29(20(30)13-32-19-6-5-15(23)8-18(19)24)12-17(21(14)27-28)22(31)26-9-16-4-2-3-7-25-16/h2-8,10,17H,9,11-13H2,1H3,(H,26,31)/t17-/m1/s1. The van der Waals surface area contributed by atoms with Crippen LogP contribution >= 0.6 is 0 Å². The zero-order valence-electron chi connectivity index (χ0n) is 17.3. The Morgan fingerprint density at radius 2 is 2.09 bits per heavy atom. The summed E-state index contributed by atoms with van der Waals surface area (Å²) in [5, 5.41) is 7.25. The highest BCUT2D eigenvalue weighted by Gasteiger charge is 2.35. The van der Waals surface area contributed by atoms with Crippen molar-refractivity contribution in [2.75, 3.05) is 13.2 Å². The van der Waals surface area contributed by atoms with E-state index in [9.17, 15) is 18.4 Å². The highest BCUT2D eigenvalue weighted by atomic mass is 19.1. The number of ether oxygens (including phenoxy) is 1. The number of nitrogens with zero attached hydrogens (tertiary/aromatic N) is 4. The van der Waals surface area contributed by atoms with Crippen LogP contribution in [0.15, 0.2) is 48.8 Å². The Labute approximate surface area is 182 Å². The molecule has 1 aliphatic heterocycles. The molecule has 2 amide bonds. The van der Waals surface area contributed by atoms with Gasteiger partial charge in [-0.25, -0.2) is 8.78 Å².